The zero-order chi connectivity index (χ0) is 12.8. The van der Waals surface area contributed by atoms with Crippen molar-refractivity contribution >= 4 is 35.0 Å². The van der Waals surface area contributed by atoms with E-state index < -0.39 is 11.2 Å². The second-order valence-corrected chi connectivity index (χ2v) is 5.78. The summed E-state index contributed by atoms with van der Waals surface area (Å²) in [4.78, 5) is 23.9. The summed E-state index contributed by atoms with van der Waals surface area (Å²) in [5, 5.41) is 12.1. The fraction of sp³-hybridized carbons (Fsp3) is 0.455. The van der Waals surface area contributed by atoms with Crippen LogP contribution in [-0.2, 0) is 16.1 Å². The van der Waals surface area contributed by atoms with Crippen LogP contribution in [0.2, 0.25) is 0 Å². The molecule has 1 rings (SSSR count). The number of aliphatic carboxylic acids is 1. The lowest BCUT2D eigenvalue weighted by molar-refractivity contribution is -0.136. The van der Waals surface area contributed by atoms with E-state index in [1.807, 2.05) is 16.8 Å². The van der Waals surface area contributed by atoms with E-state index in [0.717, 1.165) is 17.3 Å². The first-order valence-electron chi connectivity index (χ1n) is 5.10. The van der Waals surface area contributed by atoms with Crippen LogP contribution in [-0.4, -0.2) is 39.9 Å². The van der Waals surface area contributed by atoms with E-state index >= 15 is 0 Å². The summed E-state index contributed by atoms with van der Waals surface area (Å²) >= 11 is 2.74. The van der Waals surface area contributed by atoms with E-state index in [-0.39, 0.29) is 11.7 Å². The molecule has 0 spiro atoms. The van der Waals surface area contributed by atoms with Gasteiger partial charge in [-0.1, -0.05) is 0 Å². The maximum absolute atomic E-state index is 11.7. The first-order chi connectivity index (χ1) is 8.00. The van der Waals surface area contributed by atoms with Crippen LogP contribution in [0.25, 0.3) is 0 Å². The average Bonchev–Trinajstić information content (AvgIpc) is 2.77. The summed E-state index contributed by atoms with van der Waals surface area (Å²) in [6.45, 7) is 2.16. The van der Waals surface area contributed by atoms with Gasteiger partial charge in [0, 0.05) is 13.6 Å². The Morgan fingerprint density at radius 1 is 1.59 bits per heavy atom. The summed E-state index contributed by atoms with van der Waals surface area (Å²) in [5.41, 5.74) is 1.10. The molecule has 1 aromatic heterocycles. The highest BCUT2D eigenvalue weighted by atomic mass is 32.2. The highest BCUT2D eigenvalue weighted by molar-refractivity contribution is 8.01. The Bertz CT molecular complexity index is 378. The van der Waals surface area contributed by atoms with Gasteiger partial charge in [0.15, 0.2) is 0 Å². The molecule has 0 radical (unpaired) electrons. The van der Waals surface area contributed by atoms with Crippen molar-refractivity contribution in [2.45, 2.75) is 18.7 Å². The standard InChI is InChI=1S/C11H15NO3S2/c1-8(11(14)15)17-7-10(13)12(2)5-9-3-4-16-6-9/h3-4,6,8H,5,7H2,1-2H3,(H,14,15)/t8-/m0/s1. The van der Waals surface area contributed by atoms with E-state index in [0.29, 0.717) is 6.54 Å². The van der Waals surface area contributed by atoms with Crippen LogP contribution in [0.15, 0.2) is 16.8 Å². The molecule has 1 N–H and O–H groups in total. The topological polar surface area (TPSA) is 57.6 Å². The van der Waals surface area contributed by atoms with Crippen molar-refractivity contribution in [1.29, 1.82) is 0 Å². The Kier molecular flexibility index (Phi) is 5.50. The summed E-state index contributed by atoms with van der Waals surface area (Å²) in [6.07, 6.45) is 0. The molecule has 0 aromatic carbocycles. The molecule has 4 nitrogen and oxygen atoms in total. The van der Waals surface area contributed by atoms with Gasteiger partial charge in [0.05, 0.1) is 11.0 Å². The molecule has 17 heavy (non-hydrogen) atoms. The molecule has 0 unspecified atom stereocenters. The number of thiophene rings is 1. The van der Waals surface area contributed by atoms with Gasteiger partial charge < -0.3 is 10.0 Å². The largest absolute Gasteiger partial charge is 0.480 e. The number of hydrogen-bond donors (Lipinski definition) is 1. The van der Waals surface area contributed by atoms with Crippen LogP contribution in [0.3, 0.4) is 0 Å². The van der Waals surface area contributed by atoms with E-state index in [1.54, 1.807) is 30.2 Å². The Labute approximate surface area is 109 Å². The lowest BCUT2D eigenvalue weighted by Gasteiger charge is -2.16. The van der Waals surface area contributed by atoms with Crippen molar-refractivity contribution < 1.29 is 14.7 Å². The fourth-order valence-corrected chi connectivity index (χ4v) is 2.54. The van der Waals surface area contributed by atoms with Gasteiger partial charge >= 0.3 is 5.97 Å². The number of nitrogens with zero attached hydrogens (tertiary/aromatic N) is 1. The molecule has 94 valence electrons. The number of carbonyl (C=O) groups is 2. The van der Waals surface area contributed by atoms with Crippen molar-refractivity contribution in [1.82, 2.24) is 4.90 Å². The second kappa shape index (κ2) is 6.66. The Morgan fingerprint density at radius 2 is 2.29 bits per heavy atom. The molecular weight excluding hydrogens is 258 g/mol. The lowest BCUT2D eigenvalue weighted by atomic mass is 10.3. The molecule has 0 saturated carbocycles. The van der Waals surface area contributed by atoms with Crippen molar-refractivity contribution in [3.05, 3.63) is 22.4 Å². The van der Waals surface area contributed by atoms with Gasteiger partial charge in [-0.2, -0.15) is 11.3 Å². The Balaban J connectivity index is 2.34. The molecule has 0 aliphatic carbocycles. The van der Waals surface area contributed by atoms with E-state index in [1.165, 1.54) is 0 Å². The van der Waals surface area contributed by atoms with Gasteiger partial charge in [0.2, 0.25) is 5.91 Å². The van der Waals surface area contributed by atoms with Gasteiger partial charge in [0.25, 0.3) is 0 Å². The zero-order valence-electron chi connectivity index (χ0n) is 9.75. The summed E-state index contributed by atoms with van der Waals surface area (Å²) in [6, 6.07) is 1.97. The predicted octanol–water partition coefficient (Wildman–Crippen LogP) is 1.91. The third kappa shape index (κ3) is 4.79. The van der Waals surface area contributed by atoms with Gasteiger partial charge in [0.1, 0.15) is 0 Å². The van der Waals surface area contributed by atoms with Crippen molar-refractivity contribution in [3.8, 4) is 0 Å². The van der Waals surface area contributed by atoms with Crippen LogP contribution in [0.5, 0.6) is 0 Å². The molecule has 6 heteroatoms. The number of carbonyl (C=O) groups excluding carboxylic acids is 1. The Morgan fingerprint density at radius 3 is 2.82 bits per heavy atom. The number of thioether (sulfide) groups is 1. The zero-order valence-corrected chi connectivity index (χ0v) is 11.4. The van der Waals surface area contributed by atoms with Crippen molar-refractivity contribution in [3.63, 3.8) is 0 Å². The van der Waals surface area contributed by atoms with Gasteiger partial charge in [-0.25, -0.2) is 0 Å². The minimum Gasteiger partial charge on any atom is -0.480 e. The quantitative estimate of drug-likeness (QED) is 0.860. The van der Waals surface area contributed by atoms with E-state index in [9.17, 15) is 9.59 Å². The number of carboxylic acids is 1. The number of carboxylic acid groups (broad SMARTS) is 1. The van der Waals surface area contributed by atoms with E-state index in [2.05, 4.69) is 0 Å². The van der Waals surface area contributed by atoms with Crippen LogP contribution in [0, 0.1) is 0 Å². The predicted molar refractivity (Wildman–Crippen MR) is 70.3 cm³/mol. The van der Waals surface area contributed by atoms with Crippen LogP contribution < -0.4 is 0 Å². The maximum Gasteiger partial charge on any atom is 0.316 e. The second-order valence-electron chi connectivity index (χ2n) is 3.67. The van der Waals surface area contributed by atoms with Gasteiger partial charge in [-0.05, 0) is 29.3 Å². The summed E-state index contributed by atoms with van der Waals surface area (Å²) in [7, 11) is 1.73. The molecule has 0 aliphatic heterocycles. The van der Waals surface area contributed by atoms with Crippen LogP contribution in [0.4, 0.5) is 0 Å². The minimum absolute atomic E-state index is 0.0469. The Hall–Kier alpha value is -1.01. The van der Waals surface area contributed by atoms with Gasteiger partial charge in [-0.3, -0.25) is 9.59 Å². The van der Waals surface area contributed by atoms with Crippen molar-refractivity contribution in [2.75, 3.05) is 12.8 Å². The monoisotopic (exact) mass is 273 g/mol. The molecule has 0 aliphatic rings. The normalized spacial score (nSPS) is 12.1. The molecular formula is C11H15NO3S2. The SMILES string of the molecule is C[C@H](SCC(=O)N(C)Cc1ccsc1)C(=O)O. The first-order valence-corrected chi connectivity index (χ1v) is 7.09. The number of hydrogen-bond acceptors (Lipinski definition) is 4. The molecule has 0 fully saturated rings. The third-order valence-corrected chi connectivity index (χ3v) is 4.08. The van der Waals surface area contributed by atoms with Gasteiger partial charge in [-0.15, -0.1) is 11.8 Å². The molecule has 1 amide bonds. The highest BCUT2D eigenvalue weighted by Crippen LogP contribution is 2.13. The highest BCUT2D eigenvalue weighted by Gasteiger charge is 2.15. The lowest BCUT2D eigenvalue weighted by Crippen LogP contribution is -2.28. The first kappa shape index (κ1) is 14.1. The fourth-order valence-electron chi connectivity index (χ4n) is 1.12. The average molecular weight is 273 g/mol. The molecule has 1 atom stereocenters. The van der Waals surface area contributed by atoms with Crippen LogP contribution >= 0.6 is 23.1 Å². The van der Waals surface area contributed by atoms with Crippen molar-refractivity contribution in [2.24, 2.45) is 0 Å². The van der Waals surface area contributed by atoms with Crippen LogP contribution in [0.1, 0.15) is 12.5 Å². The molecule has 1 heterocycles. The summed E-state index contributed by atoms with van der Waals surface area (Å²) < 4.78 is 0. The molecule has 1 aromatic rings. The third-order valence-electron chi connectivity index (χ3n) is 2.23. The van der Waals surface area contributed by atoms with E-state index in [4.69, 9.17) is 5.11 Å². The number of amides is 1. The minimum atomic E-state index is -0.886. The maximum atomic E-state index is 11.7. The molecule has 0 bridgehead atoms. The summed E-state index contributed by atoms with van der Waals surface area (Å²) in [5.74, 6) is -0.730. The number of rotatable bonds is 6. The smallest absolute Gasteiger partial charge is 0.316 e. The molecule has 0 saturated heterocycles.